The molecule has 2 heteroatoms. The van der Waals surface area contributed by atoms with Crippen molar-refractivity contribution in [1.29, 1.82) is 0 Å². The van der Waals surface area contributed by atoms with Crippen LogP contribution in [0, 0.1) is 5.82 Å². The Balaban J connectivity index is 3.07. The summed E-state index contributed by atoms with van der Waals surface area (Å²) >= 11 is 0. The van der Waals surface area contributed by atoms with E-state index in [1.54, 1.807) is 6.07 Å². The number of hydrogen-bond donors (Lipinski definition) is 0. The molecular weight excluding hydrogens is 126 g/mol. The Labute approximate surface area is 61.5 Å². The van der Waals surface area contributed by atoms with Gasteiger partial charge in [0.15, 0.2) is 0 Å². The van der Waals surface area contributed by atoms with Gasteiger partial charge in [0, 0.05) is 0 Å². The SMILES string of the molecule is Bc1cc(F)ccc1CC. The zero-order chi connectivity index (χ0) is 7.56. The molecule has 0 aliphatic carbocycles. The lowest BCUT2D eigenvalue weighted by atomic mass is 9.89. The lowest BCUT2D eigenvalue weighted by molar-refractivity contribution is 0.628. The van der Waals surface area contributed by atoms with Crippen LogP contribution < -0.4 is 5.46 Å². The second kappa shape index (κ2) is 2.87. The van der Waals surface area contributed by atoms with Crippen molar-refractivity contribution in [2.45, 2.75) is 13.3 Å². The fourth-order valence-corrected chi connectivity index (χ4v) is 1.06. The van der Waals surface area contributed by atoms with E-state index >= 15 is 0 Å². The zero-order valence-electron chi connectivity index (χ0n) is 6.32. The van der Waals surface area contributed by atoms with Gasteiger partial charge in [0.05, 0.1) is 0 Å². The monoisotopic (exact) mass is 136 g/mol. The molecule has 0 radical (unpaired) electrons. The Kier molecular flexibility index (Phi) is 2.10. The molecule has 0 saturated heterocycles. The number of halogens is 1. The average Bonchev–Trinajstić information content (AvgIpc) is 1.88. The molecule has 1 rings (SSSR count). The molecule has 0 N–H and O–H groups in total. The molecule has 1 aromatic rings. The maximum Gasteiger partial charge on any atom is 0.139 e. The van der Waals surface area contributed by atoms with Gasteiger partial charge in [-0.3, -0.25) is 0 Å². The third-order valence-electron chi connectivity index (χ3n) is 1.69. The van der Waals surface area contributed by atoms with E-state index in [2.05, 4.69) is 6.92 Å². The molecule has 52 valence electrons. The van der Waals surface area contributed by atoms with E-state index in [0.717, 1.165) is 11.9 Å². The molecule has 0 aliphatic heterocycles. The first-order valence-electron chi connectivity index (χ1n) is 3.49. The first-order valence-corrected chi connectivity index (χ1v) is 3.49. The van der Waals surface area contributed by atoms with E-state index in [1.165, 1.54) is 11.6 Å². The molecule has 0 aromatic heterocycles. The summed E-state index contributed by atoms with van der Waals surface area (Å²) in [5.74, 6) is -0.144. The van der Waals surface area contributed by atoms with Crippen molar-refractivity contribution in [3.63, 3.8) is 0 Å². The summed E-state index contributed by atoms with van der Waals surface area (Å²) in [5, 5.41) is 0. The second-order valence-electron chi connectivity index (χ2n) is 2.42. The number of hydrogen-bond acceptors (Lipinski definition) is 0. The van der Waals surface area contributed by atoms with Crippen molar-refractivity contribution in [3.05, 3.63) is 29.6 Å². The minimum atomic E-state index is -0.144. The molecule has 10 heavy (non-hydrogen) atoms. The van der Waals surface area contributed by atoms with E-state index in [9.17, 15) is 4.39 Å². The van der Waals surface area contributed by atoms with Crippen molar-refractivity contribution < 1.29 is 4.39 Å². The Hall–Kier alpha value is -0.785. The summed E-state index contributed by atoms with van der Waals surface area (Å²) in [5.41, 5.74) is 2.27. The molecule has 0 unspecified atom stereocenters. The van der Waals surface area contributed by atoms with Gasteiger partial charge in [-0.25, -0.2) is 4.39 Å². The Morgan fingerprint density at radius 1 is 1.50 bits per heavy atom. The van der Waals surface area contributed by atoms with Crippen LogP contribution in [0.5, 0.6) is 0 Å². The van der Waals surface area contributed by atoms with Crippen LogP contribution in [0.3, 0.4) is 0 Å². The summed E-state index contributed by atoms with van der Waals surface area (Å²) < 4.78 is 12.5. The van der Waals surface area contributed by atoms with Crippen LogP contribution in [0.25, 0.3) is 0 Å². The quantitative estimate of drug-likeness (QED) is 0.497. The summed E-state index contributed by atoms with van der Waals surface area (Å²) in [6.45, 7) is 2.07. The van der Waals surface area contributed by atoms with E-state index in [1.807, 2.05) is 13.9 Å². The fraction of sp³-hybridized carbons (Fsp3) is 0.250. The molecule has 0 atom stereocenters. The molecule has 0 fully saturated rings. The second-order valence-corrected chi connectivity index (χ2v) is 2.42. The summed E-state index contributed by atoms with van der Waals surface area (Å²) in [7, 11) is 1.93. The highest BCUT2D eigenvalue weighted by Crippen LogP contribution is 1.99. The normalized spacial score (nSPS) is 9.80. The van der Waals surface area contributed by atoms with Crippen LogP contribution in [-0.4, -0.2) is 7.85 Å². The molecule has 0 bridgehead atoms. The highest BCUT2D eigenvalue weighted by molar-refractivity contribution is 6.33. The topological polar surface area (TPSA) is 0 Å². The lowest BCUT2D eigenvalue weighted by Gasteiger charge is -2.00. The van der Waals surface area contributed by atoms with Gasteiger partial charge in [-0.05, 0) is 18.6 Å². The van der Waals surface area contributed by atoms with Crippen LogP contribution in [0.15, 0.2) is 18.2 Å². The van der Waals surface area contributed by atoms with Crippen molar-refractivity contribution in [2.75, 3.05) is 0 Å². The van der Waals surface area contributed by atoms with Gasteiger partial charge in [-0.2, -0.15) is 0 Å². The zero-order valence-corrected chi connectivity index (χ0v) is 6.32. The van der Waals surface area contributed by atoms with E-state index in [0.29, 0.717) is 0 Å². The van der Waals surface area contributed by atoms with Crippen LogP contribution in [-0.2, 0) is 6.42 Å². The predicted octanol–water partition coefficient (Wildman–Crippen LogP) is 0.646. The van der Waals surface area contributed by atoms with Gasteiger partial charge < -0.3 is 0 Å². The van der Waals surface area contributed by atoms with E-state index < -0.39 is 0 Å². The average molecular weight is 136 g/mol. The third-order valence-corrected chi connectivity index (χ3v) is 1.69. The van der Waals surface area contributed by atoms with Crippen LogP contribution in [0.1, 0.15) is 12.5 Å². The summed E-state index contributed by atoms with van der Waals surface area (Å²) in [6, 6.07) is 4.91. The maximum absolute atomic E-state index is 12.5. The lowest BCUT2D eigenvalue weighted by Crippen LogP contribution is -2.09. The summed E-state index contributed by atoms with van der Waals surface area (Å²) in [6.07, 6.45) is 0.978. The molecule has 0 saturated carbocycles. The molecule has 0 aliphatic rings. The number of benzene rings is 1. The smallest absolute Gasteiger partial charge is 0.139 e. The highest BCUT2D eigenvalue weighted by atomic mass is 19.1. The van der Waals surface area contributed by atoms with Gasteiger partial charge in [0.25, 0.3) is 0 Å². The minimum Gasteiger partial charge on any atom is -0.207 e. The Morgan fingerprint density at radius 3 is 2.70 bits per heavy atom. The summed E-state index contributed by atoms with van der Waals surface area (Å²) in [4.78, 5) is 0. The van der Waals surface area contributed by atoms with Crippen molar-refractivity contribution in [3.8, 4) is 0 Å². The molecule has 0 spiro atoms. The van der Waals surface area contributed by atoms with Gasteiger partial charge >= 0.3 is 0 Å². The van der Waals surface area contributed by atoms with Crippen LogP contribution >= 0.6 is 0 Å². The van der Waals surface area contributed by atoms with Crippen LogP contribution in [0.4, 0.5) is 4.39 Å². The first-order chi connectivity index (χ1) is 4.74. The standard InChI is InChI=1S/C8H10BF/c1-2-6-3-4-7(10)5-8(6)9/h3-5H,2,9H2,1H3. The van der Waals surface area contributed by atoms with E-state index in [-0.39, 0.29) is 5.82 Å². The molecule has 0 amide bonds. The van der Waals surface area contributed by atoms with Gasteiger partial charge in [0.2, 0.25) is 0 Å². The highest BCUT2D eigenvalue weighted by Gasteiger charge is 1.95. The van der Waals surface area contributed by atoms with Gasteiger partial charge in [-0.1, -0.05) is 24.0 Å². The number of aryl methyl sites for hydroxylation is 1. The third kappa shape index (κ3) is 1.38. The predicted molar refractivity (Wildman–Crippen MR) is 44.0 cm³/mol. The first kappa shape index (κ1) is 7.32. The minimum absolute atomic E-state index is 0.144. The molecular formula is C8H10BF. The van der Waals surface area contributed by atoms with Gasteiger partial charge in [0.1, 0.15) is 13.7 Å². The Bertz CT molecular complexity index is 233. The molecule has 0 nitrogen and oxygen atoms in total. The largest absolute Gasteiger partial charge is 0.207 e. The van der Waals surface area contributed by atoms with Crippen molar-refractivity contribution in [2.24, 2.45) is 0 Å². The van der Waals surface area contributed by atoms with E-state index in [4.69, 9.17) is 0 Å². The maximum atomic E-state index is 12.5. The van der Waals surface area contributed by atoms with Crippen molar-refractivity contribution in [1.82, 2.24) is 0 Å². The number of rotatable bonds is 1. The molecule has 0 heterocycles. The van der Waals surface area contributed by atoms with Gasteiger partial charge in [-0.15, -0.1) is 0 Å². The van der Waals surface area contributed by atoms with Crippen LogP contribution in [0.2, 0.25) is 0 Å². The Morgan fingerprint density at radius 2 is 2.20 bits per heavy atom. The fourth-order valence-electron chi connectivity index (χ4n) is 1.06. The molecule has 1 aromatic carbocycles. The van der Waals surface area contributed by atoms with Crippen molar-refractivity contribution >= 4 is 13.3 Å².